The molecular weight excluding hydrogens is 438 g/mol. The number of nitrogens with zero attached hydrogens (tertiary/aromatic N) is 3. The molecule has 2 aromatic carbocycles. The lowest BCUT2D eigenvalue weighted by molar-refractivity contribution is -0.116. The van der Waals surface area contributed by atoms with Gasteiger partial charge < -0.3 is 19.9 Å². The first-order valence-corrected chi connectivity index (χ1v) is 11.4. The smallest absolute Gasteiger partial charge is 0.234 e. The Kier molecular flexibility index (Phi) is 8.26. The predicted molar refractivity (Wildman–Crippen MR) is 131 cm³/mol. The lowest BCUT2D eigenvalue weighted by atomic mass is 10.1. The number of thioether (sulfide) groups is 1. The van der Waals surface area contributed by atoms with E-state index in [1.165, 1.54) is 11.8 Å². The van der Waals surface area contributed by atoms with Gasteiger partial charge in [0.25, 0.3) is 0 Å². The van der Waals surface area contributed by atoms with E-state index in [1.54, 1.807) is 42.0 Å². The maximum atomic E-state index is 12.5. The van der Waals surface area contributed by atoms with Crippen LogP contribution in [0.15, 0.2) is 60.3 Å². The van der Waals surface area contributed by atoms with Gasteiger partial charge in [-0.3, -0.25) is 9.59 Å². The molecule has 0 atom stereocenters. The lowest BCUT2D eigenvalue weighted by Crippen LogP contribution is -2.18. The van der Waals surface area contributed by atoms with Crippen LogP contribution >= 0.6 is 11.8 Å². The van der Waals surface area contributed by atoms with Crippen molar-refractivity contribution in [3.05, 3.63) is 72.1 Å². The summed E-state index contributed by atoms with van der Waals surface area (Å²) in [6, 6.07) is 12.9. The summed E-state index contributed by atoms with van der Waals surface area (Å²) in [5, 5.41) is 14.7. The standard InChI is InChI=1S/C24H27N5O3S/c1-5-13-29-21(14-22(30)25-18-9-11-19(32-4)12-10-18)27-28-24(29)33-15-23(31)26-20-8-6-7-16(2)17(20)3/h5-12H,1,13-15H2,2-4H3,(H,25,30)(H,26,31). The molecule has 2 N–H and O–H groups in total. The molecule has 8 nitrogen and oxygen atoms in total. The Morgan fingerprint density at radius 3 is 2.55 bits per heavy atom. The van der Waals surface area contributed by atoms with Crippen molar-refractivity contribution in [3.8, 4) is 5.75 Å². The van der Waals surface area contributed by atoms with Crippen LogP contribution in [0, 0.1) is 13.8 Å². The number of allylic oxidation sites excluding steroid dienone is 1. The molecule has 0 spiro atoms. The van der Waals surface area contributed by atoms with Gasteiger partial charge in [0.05, 0.1) is 19.3 Å². The van der Waals surface area contributed by atoms with E-state index in [9.17, 15) is 9.59 Å². The second kappa shape index (κ2) is 11.3. The highest BCUT2D eigenvalue weighted by atomic mass is 32.2. The number of methoxy groups -OCH3 is 1. The molecule has 1 aromatic heterocycles. The molecule has 0 aliphatic carbocycles. The van der Waals surface area contributed by atoms with Crippen molar-refractivity contribution in [2.24, 2.45) is 0 Å². The first-order chi connectivity index (χ1) is 15.9. The van der Waals surface area contributed by atoms with Crippen molar-refractivity contribution in [3.63, 3.8) is 0 Å². The fraction of sp³-hybridized carbons (Fsp3) is 0.250. The Labute approximate surface area is 197 Å². The van der Waals surface area contributed by atoms with Gasteiger partial charge in [-0.25, -0.2) is 0 Å². The number of carbonyl (C=O) groups excluding carboxylic acids is 2. The maximum absolute atomic E-state index is 12.5. The number of ether oxygens (including phenoxy) is 1. The third-order valence-corrected chi connectivity index (χ3v) is 5.98. The van der Waals surface area contributed by atoms with Gasteiger partial charge in [0.2, 0.25) is 11.8 Å². The summed E-state index contributed by atoms with van der Waals surface area (Å²) < 4.78 is 6.91. The first kappa shape index (κ1) is 24.1. The van der Waals surface area contributed by atoms with E-state index in [2.05, 4.69) is 27.4 Å². The van der Waals surface area contributed by atoms with E-state index in [0.717, 1.165) is 16.8 Å². The van der Waals surface area contributed by atoms with E-state index < -0.39 is 0 Å². The van der Waals surface area contributed by atoms with Crippen LogP contribution in [-0.2, 0) is 22.6 Å². The topological polar surface area (TPSA) is 98.1 Å². The Bertz CT molecular complexity index is 1140. The lowest BCUT2D eigenvalue weighted by Gasteiger charge is -2.11. The monoisotopic (exact) mass is 465 g/mol. The van der Waals surface area contributed by atoms with Crippen LogP contribution in [0.5, 0.6) is 5.75 Å². The third kappa shape index (κ3) is 6.45. The number of aryl methyl sites for hydroxylation is 1. The molecule has 1 heterocycles. The number of aromatic nitrogens is 3. The van der Waals surface area contributed by atoms with E-state index in [4.69, 9.17) is 4.74 Å². The predicted octanol–water partition coefficient (Wildman–Crippen LogP) is 4.00. The van der Waals surface area contributed by atoms with Crippen molar-refractivity contribution in [1.82, 2.24) is 14.8 Å². The Morgan fingerprint density at radius 2 is 1.85 bits per heavy atom. The van der Waals surface area contributed by atoms with Gasteiger partial charge in [0.15, 0.2) is 5.16 Å². The fourth-order valence-corrected chi connectivity index (χ4v) is 3.86. The van der Waals surface area contributed by atoms with Gasteiger partial charge in [-0.15, -0.1) is 16.8 Å². The molecule has 2 amide bonds. The van der Waals surface area contributed by atoms with Gasteiger partial charge in [-0.2, -0.15) is 0 Å². The average molecular weight is 466 g/mol. The summed E-state index contributed by atoms with van der Waals surface area (Å²) in [5.41, 5.74) is 3.61. The molecule has 3 aromatic rings. The molecule has 0 aliphatic rings. The molecule has 0 aliphatic heterocycles. The third-order valence-electron chi connectivity index (χ3n) is 5.01. The molecule has 172 valence electrons. The molecule has 3 rings (SSSR count). The summed E-state index contributed by atoms with van der Waals surface area (Å²) in [6.07, 6.45) is 1.75. The maximum Gasteiger partial charge on any atom is 0.234 e. The number of amides is 2. The van der Waals surface area contributed by atoms with Crippen molar-refractivity contribution in [2.45, 2.75) is 32.0 Å². The van der Waals surface area contributed by atoms with Crippen LogP contribution in [0.25, 0.3) is 0 Å². The second-order valence-corrected chi connectivity index (χ2v) is 8.28. The van der Waals surface area contributed by atoms with E-state index in [0.29, 0.717) is 29.0 Å². The molecule has 0 unspecified atom stereocenters. The van der Waals surface area contributed by atoms with Crippen LogP contribution in [0.1, 0.15) is 17.0 Å². The zero-order chi connectivity index (χ0) is 23.8. The van der Waals surface area contributed by atoms with Gasteiger partial charge >= 0.3 is 0 Å². The highest BCUT2D eigenvalue weighted by molar-refractivity contribution is 7.99. The normalized spacial score (nSPS) is 10.5. The summed E-state index contributed by atoms with van der Waals surface area (Å²) >= 11 is 1.26. The van der Waals surface area contributed by atoms with Crippen molar-refractivity contribution in [2.75, 3.05) is 23.5 Å². The fourth-order valence-electron chi connectivity index (χ4n) is 3.10. The van der Waals surface area contributed by atoms with Crippen LogP contribution in [-0.4, -0.2) is 39.4 Å². The molecule has 0 radical (unpaired) electrons. The number of hydrogen-bond acceptors (Lipinski definition) is 6. The molecule has 9 heteroatoms. The van der Waals surface area contributed by atoms with Crippen molar-refractivity contribution >= 4 is 35.0 Å². The SMILES string of the molecule is C=CCn1c(CC(=O)Nc2ccc(OC)cc2)nnc1SCC(=O)Nc1cccc(C)c1C. The number of hydrogen-bond donors (Lipinski definition) is 2. The van der Waals surface area contributed by atoms with Gasteiger partial charge in [-0.05, 0) is 55.3 Å². The van der Waals surface area contributed by atoms with Crippen LogP contribution in [0.3, 0.4) is 0 Å². The summed E-state index contributed by atoms with van der Waals surface area (Å²) in [4.78, 5) is 25.0. The number of anilines is 2. The van der Waals surface area contributed by atoms with Crippen LogP contribution in [0.2, 0.25) is 0 Å². The highest BCUT2D eigenvalue weighted by Crippen LogP contribution is 2.21. The zero-order valence-electron chi connectivity index (χ0n) is 18.9. The molecule has 33 heavy (non-hydrogen) atoms. The number of benzene rings is 2. The highest BCUT2D eigenvalue weighted by Gasteiger charge is 2.17. The van der Waals surface area contributed by atoms with E-state index in [1.807, 2.05) is 32.0 Å². The second-order valence-electron chi connectivity index (χ2n) is 7.34. The van der Waals surface area contributed by atoms with Crippen LogP contribution in [0.4, 0.5) is 11.4 Å². The molecule has 0 fully saturated rings. The minimum absolute atomic E-state index is 0.0438. The molecule has 0 saturated carbocycles. The number of carbonyl (C=O) groups is 2. The minimum atomic E-state index is -0.220. The largest absolute Gasteiger partial charge is 0.497 e. The van der Waals surface area contributed by atoms with E-state index in [-0.39, 0.29) is 24.0 Å². The molecule has 0 saturated heterocycles. The summed E-state index contributed by atoms with van der Waals surface area (Å²) in [6.45, 7) is 8.18. The molecule has 0 bridgehead atoms. The van der Waals surface area contributed by atoms with Gasteiger partial charge in [0.1, 0.15) is 11.6 Å². The number of nitrogens with one attached hydrogen (secondary N) is 2. The zero-order valence-corrected chi connectivity index (χ0v) is 19.7. The Hall–Kier alpha value is -3.59. The minimum Gasteiger partial charge on any atom is -0.497 e. The van der Waals surface area contributed by atoms with Crippen LogP contribution < -0.4 is 15.4 Å². The van der Waals surface area contributed by atoms with Crippen molar-refractivity contribution < 1.29 is 14.3 Å². The van der Waals surface area contributed by atoms with E-state index >= 15 is 0 Å². The number of rotatable bonds is 10. The van der Waals surface area contributed by atoms with Gasteiger partial charge in [-0.1, -0.05) is 30.0 Å². The first-order valence-electron chi connectivity index (χ1n) is 10.4. The Morgan fingerprint density at radius 1 is 1.09 bits per heavy atom. The van der Waals surface area contributed by atoms with Gasteiger partial charge in [0, 0.05) is 17.9 Å². The summed E-state index contributed by atoms with van der Waals surface area (Å²) in [7, 11) is 1.59. The molecular formula is C24H27N5O3S. The summed E-state index contributed by atoms with van der Waals surface area (Å²) in [5.74, 6) is 1.02. The Balaban J connectivity index is 1.62. The quantitative estimate of drug-likeness (QED) is 0.347. The average Bonchev–Trinajstić information content (AvgIpc) is 3.17. The van der Waals surface area contributed by atoms with Crippen molar-refractivity contribution in [1.29, 1.82) is 0 Å².